The predicted octanol–water partition coefficient (Wildman–Crippen LogP) is 2.47. The van der Waals surface area contributed by atoms with Crippen LogP contribution in [0.15, 0.2) is 9.31 Å². The molecular weight excluding hydrogens is 288 g/mol. The molecule has 120 valence electrons. The number of nitrogens with one attached hydrogen (secondary N) is 2. The minimum Gasteiger partial charge on any atom is -0.465 e. The van der Waals surface area contributed by atoms with Gasteiger partial charge >= 0.3 is 0 Å². The van der Waals surface area contributed by atoms with Gasteiger partial charge in [-0.05, 0) is 33.2 Å². The third-order valence-corrected chi connectivity index (χ3v) is 5.92. The summed E-state index contributed by atoms with van der Waals surface area (Å²) in [6.07, 6.45) is 5.96. The highest BCUT2D eigenvalue weighted by Gasteiger charge is 2.26. The van der Waals surface area contributed by atoms with Crippen LogP contribution in [0.4, 0.5) is 0 Å². The third kappa shape index (κ3) is 3.87. The summed E-state index contributed by atoms with van der Waals surface area (Å²) in [6, 6.07) is 0. The van der Waals surface area contributed by atoms with Gasteiger partial charge in [-0.25, -0.2) is 13.1 Å². The van der Waals surface area contributed by atoms with Gasteiger partial charge in [0.1, 0.15) is 16.4 Å². The normalized spacial score (nSPS) is 16.7. The SMILES string of the molecule is CNCc1c(C)oc(C)c1S(=O)(=O)NCCC1CCCC1. The van der Waals surface area contributed by atoms with Crippen molar-refractivity contribution in [1.29, 1.82) is 0 Å². The lowest BCUT2D eigenvalue weighted by Crippen LogP contribution is -2.27. The first-order valence-corrected chi connectivity index (χ1v) is 9.17. The van der Waals surface area contributed by atoms with Crippen LogP contribution >= 0.6 is 0 Å². The lowest BCUT2D eigenvalue weighted by Gasteiger charge is -2.11. The highest BCUT2D eigenvalue weighted by Crippen LogP contribution is 2.28. The van der Waals surface area contributed by atoms with Crippen molar-refractivity contribution in [3.05, 3.63) is 17.1 Å². The number of rotatable bonds is 7. The van der Waals surface area contributed by atoms with Crippen LogP contribution in [0, 0.1) is 19.8 Å². The topological polar surface area (TPSA) is 71.3 Å². The minimum absolute atomic E-state index is 0.306. The van der Waals surface area contributed by atoms with E-state index in [1.54, 1.807) is 20.9 Å². The molecule has 0 amide bonds. The molecular formula is C15H26N2O3S. The standard InChI is InChI=1S/C15H26N2O3S/c1-11-14(10-16-3)15(12(2)20-11)21(18,19)17-9-8-13-6-4-5-7-13/h13,16-17H,4-10H2,1-3H3. The quantitative estimate of drug-likeness (QED) is 0.811. The highest BCUT2D eigenvalue weighted by atomic mass is 32.2. The van der Waals surface area contributed by atoms with Crippen molar-refractivity contribution in [3.63, 3.8) is 0 Å². The van der Waals surface area contributed by atoms with Gasteiger partial charge in [0.25, 0.3) is 0 Å². The molecule has 0 aromatic carbocycles. The second-order valence-corrected chi connectivity index (χ2v) is 7.59. The molecule has 1 fully saturated rings. The van der Waals surface area contributed by atoms with Crippen molar-refractivity contribution in [2.45, 2.75) is 57.4 Å². The molecule has 1 aromatic heterocycles. The Hall–Kier alpha value is -0.850. The van der Waals surface area contributed by atoms with Gasteiger partial charge in [0.05, 0.1) is 0 Å². The fourth-order valence-corrected chi connectivity index (χ4v) is 4.70. The van der Waals surface area contributed by atoms with Crippen molar-refractivity contribution in [2.75, 3.05) is 13.6 Å². The molecule has 1 aromatic rings. The first-order chi connectivity index (χ1) is 9.95. The van der Waals surface area contributed by atoms with E-state index in [1.165, 1.54) is 25.7 Å². The van der Waals surface area contributed by atoms with E-state index < -0.39 is 10.0 Å². The first-order valence-electron chi connectivity index (χ1n) is 7.69. The van der Waals surface area contributed by atoms with Crippen molar-refractivity contribution >= 4 is 10.0 Å². The van der Waals surface area contributed by atoms with Crippen molar-refractivity contribution in [1.82, 2.24) is 10.0 Å². The van der Waals surface area contributed by atoms with Crippen molar-refractivity contribution in [2.24, 2.45) is 5.92 Å². The van der Waals surface area contributed by atoms with Crippen LogP contribution in [-0.2, 0) is 16.6 Å². The maximum atomic E-state index is 12.5. The number of furan rings is 1. The summed E-state index contributed by atoms with van der Waals surface area (Å²) in [5.41, 5.74) is 0.725. The molecule has 1 aliphatic carbocycles. The van der Waals surface area contributed by atoms with Gasteiger partial charge in [-0.1, -0.05) is 25.7 Å². The predicted molar refractivity (Wildman–Crippen MR) is 82.7 cm³/mol. The lowest BCUT2D eigenvalue weighted by atomic mass is 10.1. The largest absolute Gasteiger partial charge is 0.465 e. The van der Waals surface area contributed by atoms with E-state index in [0.29, 0.717) is 35.4 Å². The minimum atomic E-state index is -3.50. The molecule has 0 atom stereocenters. The maximum Gasteiger partial charge on any atom is 0.244 e. The van der Waals surface area contributed by atoms with Crippen LogP contribution in [0.5, 0.6) is 0 Å². The molecule has 0 bridgehead atoms. The Balaban J connectivity index is 2.07. The van der Waals surface area contributed by atoms with Gasteiger partial charge < -0.3 is 9.73 Å². The molecule has 0 aliphatic heterocycles. The van der Waals surface area contributed by atoms with Crippen molar-refractivity contribution in [3.8, 4) is 0 Å². The molecule has 1 aliphatic rings. The summed E-state index contributed by atoms with van der Waals surface area (Å²) >= 11 is 0. The zero-order chi connectivity index (χ0) is 15.5. The molecule has 6 heteroatoms. The fourth-order valence-electron chi connectivity index (χ4n) is 3.21. The highest BCUT2D eigenvalue weighted by molar-refractivity contribution is 7.89. The van der Waals surface area contributed by atoms with Gasteiger partial charge in [-0.3, -0.25) is 0 Å². The molecule has 1 saturated carbocycles. The Kier molecular flexibility index (Phi) is 5.46. The van der Waals surface area contributed by atoms with Crippen LogP contribution in [0.2, 0.25) is 0 Å². The van der Waals surface area contributed by atoms with Crippen LogP contribution in [0.1, 0.15) is 49.2 Å². The number of sulfonamides is 1. The van der Waals surface area contributed by atoms with Gasteiger partial charge in [-0.2, -0.15) is 0 Å². The molecule has 2 N–H and O–H groups in total. The molecule has 21 heavy (non-hydrogen) atoms. The second-order valence-electron chi connectivity index (χ2n) is 5.89. The van der Waals surface area contributed by atoms with E-state index in [-0.39, 0.29) is 0 Å². The Morgan fingerprint density at radius 3 is 2.48 bits per heavy atom. The average molecular weight is 314 g/mol. The van der Waals surface area contributed by atoms with E-state index in [4.69, 9.17) is 4.42 Å². The number of hydrogen-bond acceptors (Lipinski definition) is 4. The summed E-state index contributed by atoms with van der Waals surface area (Å²) in [6.45, 7) is 4.51. The van der Waals surface area contributed by atoms with Gasteiger partial charge in [0.15, 0.2) is 0 Å². The zero-order valence-electron chi connectivity index (χ0n) is 13.2. The van der Waals surface area contributed by atoms with E-state index in [0.717, 1.165) is 12.0 Å². The zero-order valence-corrected chi connectivity index (χ0v) is 14.0. The Labute approximate surface area is 127 Å². The maximum absolute atomic E-state index is 12.5. The fraction of sp³-hybridized carbons (Fsp3) is 0.733. The van der Waals surface area contributed by atoms with E-state index in [1.807, 2.05) is 0 Å². The monoisotopic (exact) mass is 314 g/mol. The summed E-state index contributed by atoms with van der Waals surface area (Å²) < 4.78 is 33.3. The van der Waals surface area contributed by atoms with Crippen LogP contribution < -0.4 is 10.0 Å². The molecule has 0 unspecified atom stereocenters. The molecule has 1 heterocycles. The summed E-state index contributed by atoms with van der Waals surface area (Å²) in [5, 5.41) is 3.00. The van der Waals surface area contributed by atoms with E-state index in [2.05, 4.69) is 10.0 Å². The van der Waals surface area contributed by atoms with E-state index in [9.17, 15) is 8.42 Å². The molecule has 0 saturated heterocycles. The first kappa shape index (κ1) is 16.5. The van der Waals surface area contributed by atoms with Gasteiger partial charge in [0.2, 0.25) is 10.0 Å². The molecule has 2 rings (SSSR count). The number of aryl methyl sites for hydroxylation is 2. The molecule has 0 radical (unpaired) electrons. The van der Waals surface area contributed by atoms with Gasteiger partial charge in [0, 0.05) is 18.7 Å². The van der Waals surface area contributed by atoms with Crippen LogP contribution in [0.25, 0.3) is 0 Å². The smallest absolute Gasteiger partial charge is 0.244 e. The van der Waals surface area contributed by atoms with Crippen LogP contribution in [0.3, 0.4) is 0 Å². The second kappa shape index (κ2) is 6.94. The van der Waals surface area contributed by atoms with Crippen LogP contribution in [-0.4, -0.2) is 22.0 Å². The third-order valence-electron chi connectivity index (χ3n) is 4.27. The summed E-state index contributed by atoms with van der Waals surface area (Å²) in [4.78, 5) is 0.306. The molecule has 0 spiro atoms. The van der Waals surface area contributed by atoms with Crippen molar-refractivity contribution < 1.29 is 12.8 Å². The average Bonchev–Trinajstić information content (AvgIpc) is 2.99. The Morgan fingerprint density at radius 1 is 1.19 bits per heavy atom. The number of hydrogen-bond donors (Lipinski definition) is 2. The Morgan fingerprint density at radius 2 is 1.86 bits per heavy atom. The van der Waals surface area contributed by atoms with Gasteiger partial charge in [-0.15, -0.1) is 0 Å². The summed E-state index contributed by atoms with van der Waals surface area (Å²) in [7, 11) is -1.70. The molecule has 5 nitrogen and oxygen atoms in total. The summed E-state index contributed by atoms with van der Waals surface area (Å²) in [5.74, 6) is 1.81. The Bertz CT molecular complexity index is 572. The van der Waals surface area contributed by atoms with E-state index >= 15 is 0 Å². The lowest BCUT2D eigenvalue weighted by molar-refractivity contribution is 0.488.